The maximum absolute atomic E-state index is 12.9. The van der Waals surface area contributed by atoms with Crippen molar-refractivity contribution in [3.63, 3.8) is 0 Å². The van der Waals surface area contributed by atoms with Crippen LogP contribution in [0.3, 0.4) is 0 Å². The maximum Gasteiger partial charge on any atom is 0.361 e. The number of aromatic nitrogens is 2. The van der Waals surface area contributed by atoms with Crippen molar-refractivity contribution in [3.05, 3.63) is 51.6 Å². The molecule has 0 amide bonds. The number of carboxylic acid groups (broad SMARTS) is 1. The van der Waals surface area contributed by atoms with Gasteiger partial charge in [0.2, 0.25) is 5.69 Å². The van der Waals surface area contributed by atoms with Gasteiger partial charge in [0.15, 0.2) is 0 Å². The van der Waals surface area contributed by atoms with Gasteiger partial charge in [-0.1, -0.05) is 13.3 Å². The number of halogens is 1. The predicted molar refractivity (Wildman–Crippen MR) is 71.1 cm³/mol. The average molecular weight is 293 g/mol. The summed E-state index contributed by atoms with van der Waals surface area (Å²) in [5, 5.41) is 24.4. The lowest BCUT2D eigenvalue weighted by molar-refractivity contribution is -0.385. The molecule has 0 aliphatic heterocycles. The smallest absolute Gasteiger partial charge is 0.361 e. The molecule has 0 spiro atoms. The van der Waals surface area contributed by atoms with Crippen LogP contribution in [0.1, 0.15) is 29.5 Å². The normalized spacial score (nSPS) is 10.6. The molecule has 1 N–H and O–H groups in total. The monoisotopic (exact) mass is 293 g/mol. The largest absolute Gasteiger partial charge is 0.476 e. The molecule has 0 saturated heterocycles. The van der Waals surface area contributed by atoms with Crippen LogP contribution in [-0.2, 0) is 6.42 Å². The van der Waals surface area contributed by atoms with Gasteiger partial charge in [-0.2, -0.15) is 5.10 Å². The minimum Gasteiger partial charge on any atom is -0.476 e. The van der Waals surface area contributed by atoms with E-state index in [9.17, 15) is 24.4 Å². The molecule has 110 valence electrons. The average Bonchev–Trinajstić information content (AvgIpc) is 2.79. The van der Waals surface area contributed by atoms with Crippen LogP contribution in [0.4, 0.5) is 10.1 Å². The van der Waals surface area contributed by atoms with Gasteiger partial charge < -0.3 is 5.11 Å². The number of benzene rings is 1. The summed E-state index contributed by atoms with van der Waals surface area (Å²) in [7, 11) is 0. The van der Waals surface area contributed by atoms with E-state index in [4.69, 9.17) is 0 Å². The van der Waals surface area contributed by atoms with Gasteiger partial charge in [-0.15, -0.1) is 0 Å². The number of carboxylic acids is 1. The molecule has 7 nitrogen and oxygen atoms in total. The van der Waals surface area contributed by atoms with Gasteiger partial charge in [-0.05, 0) is 30.7 Å². The van der Waals surface area contributed by atoms with Crippen molar-refractivity contribution < 1.29 is 19.2 Å². The first-order chi connectivity index (χ1) is 9.95. The Hall–Kier alpha value is -2.77. The van der Waals surface area contributed by atoms with E-state index in [0.717, 1.165) is 16.8 Å². The van der Waals surface area contributed by atoms with E-state index in [2.05, 4.69) is 5.10 Å². The van der Waals surface area contributed by atoms with E-state index in [1.54, 1.807) is 6.92 Å². The van der Waals surface area contributed by atoms with Gasteiger partial charge in [-0.25, -0.2) is 13.9 Å². The highest BCUT2D eigenvalue weighted by Crippen LogP contribution is 2.27. The molecule has 0 saturated carbocycles. The second-order valence-electron chi connectivity index (χ2n) is 4.34. The fraction of sp³-hybridized carbons (Fsp3) is 0.231. The zero-order valence-electron chi connectivity index (χ0n) is 11.1. The molecule has 0 radical (unpaired) electrons. The summed E-state index contributed by atoms with van der Waals surface area (Å²) in [6.45, 7) is 1.81. The molecule has 1 aromatic carbocycles. The van der Waals surface area contributed by atoms with Gasteiger partial charge in [0.25, 0.3) is 0 Å². The molecule has 2 aromatic rings. The first kappa shape index (κ1) is 14.6. The molecule has 0 aliphatic carbocycles. The summed E-state index contributed by atoms with van der Waals surface area (Å²) in [5.74, 6) is -1.95. The molecule has 0 fully saturated rings. The van der Waals surface area contributed by atoms with Crippen molar-refractivity contribution in [2.75, 3.05) is 0 Å². The van der Waals surface area contributed by atoms with Gasteiger partial charge in [0, 0.05) is 0 Å². The van der Waals surface area contributed by atoms with Crippen LogP contribution >= 0.6 is 0 Å². The molecular formula is C13H12FN3O4. The second kappa shape index (κ2) is 5.70. The highest BCUT2D eigenvalue weighted by Gasteiger charge is 2.32. The van der Waals surface area contributed by atoms with Crippen LogP contribution in [0.2, 0.25) is 0 Å². The topological polar surface area (TPSA) is 98.3 Å². The Balaban J connectivity index is 2.70. The minimum absolute atomic E-state index is 0.101. The summed E-state index contributed by atoms with van der Waals surface area (Å²) in [4.78, 5) is 21.8. The lowest BCUT2D eigenvalue weighted by Gasteiger charge is -2.03. The van der Waals surface area contributed by atoms with E-state index in [1.165, 1.54) is 12.1 Å². The van der Waals surface area contributed by atoms with E-state index < -0.39 is 28.1 Å². The van der Waals surface area contributed by atoms with E-state index in [-0.39, 0.29) is 17.8 Å². The summed E-state index contributed by atoms with van der Waals surface area (Å²) in [6, 6.07) is 4.89. The summed E-state index contributed by atoms with van der Waals surface area (Å²) in [6.07, 6.45) is 0.866. The Labute approximate surface area is 118 Å². The molecule has 1 heterocycles. The third-order valence-electron chi connectivity index (χ3n) is 2.87. The Kier molecular flexibility index (Phi) is 3.97. The molecule has 1 aromatic heterocycles. The number of nitro groups is 1. The lowest BCUT2D eigenvalue weighted by atomic mass is 10.2. The highest BCUT2D eigenvalue weighted by molar-refractivity contribution is 5.91. The number of hydrogen-bond donors (Lipinski definition) is 1. The molecule has 8 heteroatoms. The van der Waals surface area contributed by atoms with Crippen molar-refractivity contribution in [1.29, 1.82) is 0 Å². The van der Waals surface area contributed by atoms with Crippen molar-refractivity contribution >= 4 is 11.7 Å². The zero-order valence-corrected chi connectivity index (χ0v) is 11.1. The number of aromatic carboxylic acids is 1. The number of rotatable bonds is 5. The van der Waals surface area contributed by atoms with Crippen LogP contribution in [0.25, 0.3) is 5.69 Å². The Morgan fingerprint density at radius 3 is 2.52 bits per heavy atom. The van der Waals surface area contributed by atoms with Crippen LogP contribution in [-0.4, -0.2) is 25.8 Å². The Bertz CT molecular complexity index is 694. The van der Waals surface area contributed by atoms with Crippen LogP contribution in [0.15, 0.2) is 24.3 Å². The van der Waals surface area contributed by atoms with Crippen LogP contribution in [0.5, 0.6) is 0 Å². The quantitative estimate of drug-likeness (QED) is 0.674. The molecule has 21 heavy (non-hydrogen) atoms. The van der Waals surface area contributed by atoms with E-state index in [0.29, 0.717) is 6.42 Å². The molecular weight excluding hydrogens is 281 g/mol. The zero-order chi connectivity index (χ0) is 15.6. The number of carbonyl (C=O) groups is 1. The molecule has 0 bridgehead atoms. The molecule has 0 aliphatic rings. The third-order valence-corrected chi connectivity index (χ3v) is 2.87. The first-order valence-corrected chi connectivity index (χ1v) is 6.21. The highest BCUT2D eigenvalue weighted by atomic mass is 19.1. The van der Waals surface area contributed by atoms with Crippen molar-refractivity contribution in [2.24, 2.45) is 0 Å². The summed E-state index contributed by atoms with van der Waals surface area (Å²) in [5.41, 5.74) is -0.702. The maximum atomic E-state index is 12.9. The first-order valence-electron chi connectivity index (χ1n) is 6.21. The molecule has 0 unspecified atom stereocenters. The number of hydrogen-bond acceptors (Lipinski definition) is 4. The van der Waals surface area contributed by atoms with Gasteiger partial charge in [-0.3, -0.25) is 10.1 Å². The second-order valence-corrected chi connectivity index (χ2v) is 4.34. The standard InChI is InChI=1S/C13H12FN3O4/c1-2-3-10-11(17(20)21)12(13(18)19)16(15-10)9-6-4-8(14)5-7-9/h4-7H,2-3H2,1H3,(H,18,19). The van der Waals surface area contributed by atoms with Crippen LogP contribution in [0, 0.1) is 15.9 Å². The molecule has 0 atom stereocenters. The van der Waals surface area contributed by atoms with E-state index >= 15 is 0 Å². The van der Waals surface area contributed by atoms with Gasteiger partial charge >= 0.3 is 11.7 Å². The minimum atomic E-state index is -1.46. The number of aryl methyl sites for hydroxylation is 1. The fourth-order valence-electron chi connectivity index (χ4n) is 2.01. The van der Waals surface area contributed by atoms with Gasteiger partial charge in [0.05, 0.1) is 10.6 Å². The summed E-state index contributed by atoms with van der Waals surface area (Å²) < 4.78 is 13.9. The predicted octanol–water partition coefficient (Wildman–Crippen LogP) is 2.57. The van der Waals surface area contributed by atoms with Crippen molar-refractivity contribution in [3.8, 4) is 5.69 Å². The SMILES string of the molecule is CCCc1nn(-c2ccc(F)cc2)c(C(=O)O)c1[N+](=O)[O-]. The van der Waals surface area contributed by atoms with Crippen LogP contribution < -0.4 is 0 Å². The van der Waals surface area contributed by atoms with E-state index in [1.807, 2.05) is 0 Å². The van der Waals surface area contributed by atoms with Gasteiger partial charge in [0.1, 0.15) is 11.5 Å². The summed E-state index contributed by atoms with van der Waals surface area (Å²) >= 11 is 0. The Morgan fingerprint density at radius 2 is 2.05 bits per heavy atom. The number of nitrogens with zero attached hydrogens (tertiary/aromatic N) is 3. The van der Waals surface area contributed by atoms with Crippen molar-refractivity contribution in [2.45, 2.75) is 19.8 Å². The third kappa shape index (κ3) is 2.73. The molecule has 2 rings (SSSR count). The van der Waals surface area contributed by atoms with Crippen molar-refractivity contribution in [1.82, 2.24) is 9.78 Å². The Morgan fingerprint density at radius 1 is 1.43 bits per heavy atom. The fourth-order valence-corrected chi connectivity index (χ4v) is 2.01. The lowest BCUT2D eigenvalue weighted by Crippen LogP contribution is -2.09.